The number of rotatable bonds is 13. The highest BCUT2D eigenvalue weighted by molar-refractivity contribution is 8.03. The van der Waals surface area contributed by atoms with Crippen molar-refractivity contribution in [2.45, 2.75) is 66.2 Å². The summed E-state index contributed by atoms with van der Waals surface area (Å²) in [4.78, 5) is 68.5. The lowest BCUT2D eigenvalue weighted by atomic mass is 9.97. The summed E-state index contributed by atoms with van der Waals surface area (Å²) in [6, 6.07) is 7.97. The Morgan fingerprint density at radius 1 is 0.774 bits per heavy atom. The molecule has 0 aromatic carbocycles. The number of nitrogens with zero attached hydrogens (tertiary/aromatic N) is 3. The molecule has 3 aliphatic rings. The van der Waals surface area contributed by atoms with Gasteiger partial charge in [-0.2, -0.15) is 0 Å². The van der Waals surface area contributed by atoms with E-state index in [1.807, 2.05) is 58.0 Å². The molecule has 0 radical (unpaired) electrons. The highest BCUT2D eigenvalue weighted by Gasteiger charge is 2.30. The molecule has 3 aromatic rings. The smallest absolute Gasteiger partial charge is 0.303 e. The number of amides is 2. The lowest BCUT2D eigenvalue weighted by Crippen LogP contribution is -2.32. The van der Waals surface area contributed by atoms with E-state index in [0.29, 0.717) is 41.2 Å². The summed E-state index contributed by atoms with van der Waals surface area (Å²) < 4.78 is 0. The number of nitrogens with one attached hydrogen (secondary N) is 2. The number of aryl methyl sites for hydroxylation is 2. The fraction of sp³-hybridized carbons (Fsp3) is 0.286. The van der Waals surface area contributed by atoms with Gasteiger partial charge in [0.2, 0.25) is 0 Å². The first-order chi connectivity index (χ1) is 25.3. The molecule has 3 aromatic heterocycles. The van der Waals surface area contributed by atoms with Gasteiger partial charge in [0.15, 0.2) is 0 Å². The molecule has 6 rings (SSSR count). The summed E-state index contributed by atoms with van der Waals surface area (Å²) in [7, 11) is 0. The molecule has 0 fully saturated rings. The van der Waals surface area contributed by atoms with Gasteiger partial charge >= 0.3 is 5.97 Å². The van der Waals surface area contributed by atoms with Crippen molar-refractivity contribution in [1.29, 1.82) is 0 Å². The molecule has 0 spiro atoms. The standard InChI is InChI=1S/C42H43N5O5S/c1-8-27-22(3)31-17-32-24(5)29(13-12-26(48)11-10-16-47-40(49)21-39(53-7)42(47)52)37(45-32)20-38-30(14-15-41(50)51)25(6)34(46-38)19-36-28(9-2)23(4)33(44-36)18-35(27)43-31/h8-9,17-21,43-44H,1-2,10-16H2,3-7H3,(H,50,51). The van der Waals surface area contributed by atoms with E-state index in [4.69, 9.17) is 9.97 Å². The van der Waals surface area contributed by atoms with Crippen LogP contribution in [0.15, 0.2) is 48.4 Å². The topological polar surface area (TPSA) is 149 Å². The lowest BCUT2D eigenvalue weighted by Gasteiger charge is -2.14. The van der Waals surface area contributed by atoms with Gasteiger partial charge in [-0.05, 0) is 111 Å². The summed E-state index contributed by atoms with van der Waals surface area (Å²) in [6.45, 7) is 16.4. The molecule has 10 nitrogen and oxygen atoms in total. The van der Waals surface area contributed by atoms with Crippen LogP contribution in [0, 0.1) is 13.8 Å². The van der Waals surface area contributed by atoms with Crippen LogP contribution in [-0.2, 0) is 19.2 Å². The Morgan fingerprint density at radius 3 is 1.83 bits per heavy atom. The molecule has 2 amide bonds. The second-order valence-electron chi connectivity index (χ2n) is 13.5. The van der Waals surface area contributed by atoms with Crippen LogP contribution in [0.3, 0.4) is 0 Å². The van der Waals surface area contributed by atoms with Crippen LogP contribution in [0.25, 0.3) is 56.5 Å². The minimum Gasteiger partial charge on any atom is -0.481 e. The number of carboxylic acids is 1. The van der Waals surface area contributed by atoms with Crippen molar-refractivity contribution in [3.05, 3.63) is 93.4 Å². The molecule has 3 N–H and O–H groups in total. The fourth-order valence-corrected chi connectivity index (χ4v) is 7.70. The first-order valence-corrected chi connectivity index (χ1v) is 18.8. The Kier molecular flexibility index (Phi) is 10.7. The van der Waals surface area contributed by atoms with Crippen molar-refractivity contribution < 1.29 is 24.3 Å². The maximum atomic E-state index is 13.2. The van der Waals surface area contributed by atoms with Gasteiger partial charge in [0.05, 0.1) is 27.7 Å². The van der Waals surface area contributed by atoms with Crippen molar-refractivity contribution in [1.82, 2.24) is 24.8 Å². The van der Waals surface area contributed by atoms with Gasteiger partial charge in [0, 0.05) is 65.1 Å². The fourth-order valence-electron chi connectivity index (χ4n) is 7.20. The van der Waals surface area contributed by atoms with E-state index in [1.165, 1.54) is 22.7 Å². The number of carbonyl (C=O) groups is 4. The Labute approximate surface area is 312 Å². The highest BCUT2D eigenvalue weighted by Crippen LogP contribution is 2.38. The van der Waals surface area contributed by atoms with Crippen LogP contribution in [-0.4, -0.2) is 66.3 Å². The first-order valence-electron chi connectivity index (χ1n) is 17.6. The number of imide groups is 1. The number of aromatic nitrogens is 4. The number of aliphatic carboxylic acids is 1. The first kappa shape index (κ1) is 37.2. The quantitative estimate of drug-likeness (QED) is 0.148. The molecule has 53 heavy (non-hydrogen) atoms. The Bertz CT molecular complexity index is 2390. The number of hydrogen-bond donors (Lipinski definition) is 3. The molecule has 0 atom stereocenters. The number of allylic oxidation sites excluding steroid dienone is 4. The normalized spacial score (nSPS) is 14.4. The van der Waals surface area contributed by atoms with E-state index in [9.17, 15) is 24.3 Å². The highest BCUT2D eigenvalue weighted by atomic mass is 32.2. The molecule has 8 bridgehead atoms. The molecule has 3 aliphatic heterocycles. The number of aromatic amines is 2. The third kappa shape index (κ3) is 7.26. The van der Waals surface area contributed by atoms with E-state index >= 15 is 0 Å². The van der Waals surface area contributed by atoms with Gasteiger partial charge in [-0.25, -0.2) is 9.97 Å². The molecule has 0 saturated heterocycles. The SMILES string of the molecule is C=Cc1c(C)c2cc3[nH]c(cc4nc(cc5nc(cc1[nH]2)C(C)=C5CCC(=O)O)C(CCC(=O)CCCN1C(=O)C=C(SC)C1=O)=C4C)c(C)c3C=C. The number of ketones is 1. The number of carboxylic acid groups (broad SMARTS) is 1. The zero-order valence-corrected chi connectivity index (χ0v) is 31.6. The van der Waals surface area contributed by atoms with Gasteiger partial charge in [-0.3, -0.25) is 24.1 Å². The molecule has 0 saturated carbocycles. The summed E-state index contributed by atoms with van der Waals surface area (Å²) in [6.07, 6.45) is 8.30. The predicted octanol–water partition coefficient (Wildman–Crippen LogP) is 8.69. The molecule has 6 heterocycles. The van der Waals surface area contributed by atoms with Crippen molar-refractivity contribution in [2.24, 2.45) is 0 Å². The zero-order valence-electron chi connectivity index (χ0n) is 30.7. The monoisotopic (exact) mass is 729 g/mol. The second kappa shape index (κ2) is 15.2. The maximum Gasteiger partial charge on any atom is 0.303 e. The molecule has 272 valence electrons. The zero-order chi connectivity index (χ0) is 38.1. The molecule has 11 heteroatoms. The van der Waals surface area contributed by atoms with Gasteiger partial charge in [0.25, 0.3) is 11.8 Å². The number of thioether (sulfide) groups is 1. The average Bonchev–Trinajstić information content (AvgIpc) is 3.85. The van der Waals surface area contributed by atoms with Crippen molar-refractivity contribution >= 4 is 91.8 Å². The van der Waals surface area contributed by atoms with E-state index in [-0.39, 0.29) is 43.4 Å². The summed E-state index contributed by atoms with van der Waals surface area (Å²) >= 11 is 1.24. The van der Waals surface area contributed by atoms with E-state index in [2.05, 4.69) is 29.2 Å². The molecular weight excluding hydrogens is 687 g/mol. The van der Waals surface area contributed by atoms with Crippen LogP contribution in [0.2, 0.25) is 0 Å². The van der Waals surface area contributed by atoms with Crippen LogP contribution < -0.4 is 0 Å². The predicted molar refractivity (Wildman–Crippen MR) is 214 cm³/mol. The lowest BCUT2D eigenvalue weighted by molar-refractivity contribution is -0.138. The Hall–Kier alpha value is -5.55. The number of Topliss-reactive ketones (excluding diaryl/α,β-unsaturated/α-hetero) is 1. The third-order valence-corrected chi connectivity index (χ3v) is 11.1. The number of fused-ring (bicyclic) bond motifs is 8. The minimum absolute atomic E-state index is 0.0217. The van der Waals surface area contributed by atoms with Crippen molar-refractivity contribution in [3.8, 4) is 0 Å². The largest absolute Gasteiger partial charge is 0.481 e. The Morgan fingerprint density at radius 2 is 1.30 bits per heavy atom. The van der Waals surface area contributed by atoms with Gasteiger partial charge in [-0.15, -0.1) is 11.8 Å². The molecule has 0 unspecified atom stereocenters. The minimum atomic E-state index is -0.897. The van der Waals surface area contributed by atoms with Crippen molar-refractivity contribution in [3.63, 3.8) is 0 Å². The van der Waals surface area contributed by atoms with Crippen molar-refractivity contribution in [2.75, 3.05) is 12.8 Å². The molecule has 0 aliphatic carbocycles. The summed E-state index contributed by atoms with van der Waals surface area (Å²) in [5, 5.41) is 9.60. The maximum absolute atomic E-state index is 13.2. The van der Waals surface area contributed by atoms with Crippen LogP contribution in [0.4, 0.5) is 0 Å². The van der Waals surface area contributed by atoms with E-state index in [0.717, 1.165) is 72.3 Å². The third-order valence-electron chi connectivity index (χ3n) is 10.3. The van der Waals surface area contributed by atoms with E-state index < -0.39 is 5.97 Å². The van der Waals surface area contributed by atoms with Gasteiger partial charge in [0.1, 0.15) is 5.78 Å². The van der Waals surface area contributed by atoms with Crippen LogP contribution in [0.1, 0.15) is 97.4 Å². The Balaban J connectivity index is 1.44. The average molecular weight is 730 g/mol. The second-order valence-corrected chi connectivity index (χ2v) is 14.3. The summed E-state index contributed by atoms with van der Waals surface area (Å²) in [5.74, 6) is -1.53. The van der Waals surface area contributed by atoms with Crippen LogP contribution in [0.5, 0.6) is 0 Å². The van der Waals surface area contributed by atoms with Gasteiger partial charge in [-0.1, -0.05) is 25.3 Å². The number of carbonyl (C=O) groups excluding carboxylic acids is 3. The van der Waals surface area contributed by atoms with E-state index in [1.54, 1.807) is 6.26 Å². The summed E-state index contributed by atoms with van der Waals surface area (Å²) in [5.41, 5.74) is 13.8. The molecular formula is C42H43N5O5S. The van der Waals surface area contributed by atoms with Crippen LogP contribution >= 0.6 is 11.8 Å². The van der Waals surface area contributed by atoms with Gasteiger partial charge < -0.3 is 15.1 Å². The number of hydrogen-bond acceptors (Lipinski definition) is 7. The number of H-pyrrole nitrogens is 2.